The van der Waals surface area contributed by atoms with E-state index in [1.807, 2.05) is 0 Å². The zero-order valence-electron chi connectivity index (χ0n) is 12.5. The number of amides is 2. The first-order valence-electron chi connectivity index (χ1n) is 7.31. The van der Waals surface area contributed by atoms with Crippen LogP contribution >= 0.6 is 0 Å². The van der Waals surface area contributed by atoms with Gasteiger partial charge in [0.1, 0.15) is 0 Å². The van der Waals surface area contributed by atoms with Crippen LogP contribution in [0.4, 0.5) is 5.69 Å². The molecule has 2 amide bonds. The largest absolute Gasteiger partial charge is 0.476 e. The monoisotopic (exact) mass is 326 g/mol. The molecule has 24 heavy (non-hydrogen) atoms. The molecule has 2 aromatic rings. The number of nitrogens with one attached hydrogen (secondary N) is 2. The molecule has 8 heteroatoms. The van der Waals surface area contributed by atoms with Crippen LogP contribution in [0, 0.1) is 0 Å². The van der Waals surface area contributed by atoms with Crippen molar-refractivity contribution in [1.82, 2.24) is 15.3 Å². The predicted molar refractivity (Wildman–Crippen MR) is 83.9 cm³/mol. The van der Waals surface area contributed by atoms with E-state index in [2.05, 4.69) is 20.6 Å². The first-order chi connectivity index (χ1) is 11.5. The van der Waals surface area contributed by atoms with Crippen molar-refractivity contribution >= 4 is 23.5 Å². The predicted octanol–water partition coefficient (Wildman–Crippen LogP) is 1.32. The van der Waals surface area contributed by atoms with Crippen molar-refractivity contribution in [1.29, 1.82) is 0 Å². The average molecular weight is 326 g/mol. The summed E-state index contributed by atoms with van der Waals surface area (Å²) in [5.41, 5.74) is 0.0539. The van der Waals surface area contributed by atoms with Crippen LogP contribution in [0.2, 0.25) is 0 Å². The third-order valence-electron chi connectivity index (χ3n) is 3.41. The molecule has 1 aliphatic rings. The van der Waals surface area contributed by atoms with Crippen molar-refractivity contribution in [2.75, 3.05) is 5.32 Å². The van der Waals surface area contributed by atoms with Gasteiger partial charge in [0.25, 0.3) is 11.8 Å². The van der Waals surface area contributed by atoms with Crippen LogP contribution in [0.1, 0.15) is 44.2 Å². The third-order valence-corrected chi connectivity index (χ3v) is 3.41. The number of hydrogen-bond acceptors (Lipinski definition) is 5. The Morgan fingerprint density at radius 3 is 2.42 bits per heavy atom. The Labute approximate surface area is 136 Å². The van der Waals surface area contributed by atoms with Gasteiger partial charge in [-0.05, 0) is 31.0 Å². The van der Waals surface area contributed by atoms with Gasteiger partial charge in [-0.1, -0.05) is 6.07 Å². The second-order valence-electron chi connectivity index (χ2n) is 5.34. The van der Waals surface area contributed by atoms with Crippen LogP contribution in [0.15, 0.2) is 36.7 Å². The topological polar surface area (TPSA) is 121 Å². The normalized spacial score (nSPS) is 13.2. The zero-order chi connectivity index (χ0) is 17.1. The van der Waals surface area contributed by atoms with E-state index in [-0.39, 0.29) is 17.6 Å². The highest BCUT2D eigenvalue weighted by Crippen LogP contribution is 2.20. The van der Waals surface area contributed by atoms with Gasteiger partial charge in [0.05, 0.1) is 0 Å². The molecule has 3 rings (SSSR count). The summed E-state index contributed by atoms with van der Waals surface area (Å²) in [4.78, 5) is 42.8. The summed E-state index contributed by atoms with van der Waals surface area (Å²) in [6, 6.07) is 6.62. The summed E-state index contributed by atoms with van der Waals surface area (Å²) in [6.45, 7) is 0. The molecule has 0 saturated heterocycles. The lowest BCUT2D eigenvalue weighted by molar-refractivity contribution is 0.0684. The zero-order valence-corrected chi connectivity index (χ0v) is 12.5. The lowest BCUT2D eigenvalue weighted by atomic mass is 10.2. The second kappa shape index (κ2) is 6.45. The Morgan fingerprint density at radius 2 is 1.75 bits per heavy atom. The van der Waals surface area contributed by atoms with Gasteiger partial charge in [0.15, 0.2) is 11.4 Å². The number of aromatic nitrogens is 2. The molecular weight excluding hydrogens is 312 g/mol. The van der Waals surface area contributed by atoms with Crippen molar-refractivity contribution in [3.63, 3.8) is 0 Å². The molecule has 1 saturated carbocycles. The number of nitrogens with zero attached hydrogens (tertiary/aromatic N) is 2. The molecule has 8 nitrogen and oxygen atoms in total. The minimum atomic E-state index is -1.34. The molecule has 122 valence electrons. The van der Waals surface area contributed by atoms with Crippen molar-refractivity contribution in [3.8, 4) is 0 Å². The number of anilines is 1. The molecule has 1 aromatic carbocycles. The van der Waals surface area contributed by atoms with Crippen LogP contribution in [-0.2, 0) is 0 Å². The maximum atomic E-state index is 12.2. The van der Waals surface area contributed by atoms with Crippen molar-refractivity contribution < 1.29 is 19.5 Å². The number of rotatable bonds is 5. The van der Waals surface area contributed by atoms with Crippen LogP contribution < -0.4 is 10.6 Å². The third kappa shape index (κ3) is 3.54. The molecule has 3 N–H and O–H groups in total. The van der Waals surface area contributed by atoms with Crippen molar-refractivity contribution in [3.05, 3.63) is 53.6 Å². The standard InChI is InChI=1S/C16H14N4O4/c21-14(19-10-4-5-10)9-2-1-3-11(8-9)20-15(22)12-13(16(23)24)18-7-6-17-12/h1-3,6-8,10H,4-5H2,(H,19,21)(H,20,22)(H,23,24). The highest BCUT2D eigenvalue weighted by Gasteiger charge is 2.24. The Bertz CT molecular complexity index is 817. The first kappa shape index (κ1) is 15.6. The van der Waals surface area contributed by atoms with Gasteiger partial charge in [0, 0.05) is 29.7 Å². The molecular formula is C16H14N4O4. The van der Waals surface area contributed by atoms with Gasteiger partial charge < -0.3 is 15.7 Å². The fourth-order valence-corrected chi connectivity index (χ4v) is 2.09. The SMILES string of the molecule is O=C(NC1CC1)c1cccc(NC(=O)c2nccnc2C(=O)O)c1. The number of benzene rings is 1. The maximum absolute atomic E-state index is 12.2. The fourth-order valence-electron chi connectivity index (χ4n) is 2.09. The van der Waals surface area contributed by atoms with Crippen LogP contribution in [0.25, 0.3) is 0 Å². The Balaban J connectivity index is 1.77. The minimum Gasteiger partial charge on any atom is -0.476 e. The quantitative estimate of drug-likeness (QED) is 0.762. The summed E-state index contributed by atoms with van der Waals surface area (Å²) in [7, 11) is 0. The van der Waals surface area contributed by atoms with Crippen molar-refractivity contribution in [2.45, 2.75) is 18.9 Å². The number of carbonyl (C=O) groups is 3. The molecule has 0 bridgehead atoms. The number of carbonyl (C=O) groups excluding carboxylic acids is 2. The minimum absolute atomic E-state index is 0.209. The van der Waals surface area contributed by atoms with E-state index < -0.39 is 17.6 Å². The fraction of sp³-hybridized carbons (Fsp3) is 0.188. The van der Waals surface area contributed by atoms with Gasteiger partial charge in [-0.25, -0.2) is 14.8 Å². The average Bonchev–Trinajstić information content (AvgIpc) is 3.39. The Morgan fingerprint density at radius 1 is 1.04 bits per heavy atom. The summed E-state index contributed by atoms with van der Waals surface area (Å²) in [6.07, 6.45) is 4.39. The number of carboxylic acids is 1. The van der Waals surface area contributed by atoms with E-state index in [4.69, 9.17) is 5.11 Å². The Kier molecular flexibility index (Phi) is 4.19. The van der Waals surface area contributed by atoms with Crippen LogP contribution in [0.3, 0.4) is 0 Å². The van der Waals surface area contributed by atoms with E-state index in [0.717, 1.165) is 12.8 Å². The molecule has 0 aliphatic heterocycles. The van der Waals surface area contributed by atoms with E-state index in [0.29, 0.717) is 11.3 Å². The molecule has 0 radical (unpaired) electrons. The molecule has 1 aromatic heterocycles. The summed E-state index contributed by atoms with van der Waals surface area (Å²) in [5.74, 6) is -2.26. The van der Waals surface area contributed by atoms with Crippen LogP contribution in [0.5, 0.6) is 0 Å². The van der Waals surface area contributed by atoms with Gasteiger partial charge in [-0.2, -0.15) is 0 Å². The first-order valence-corrected chi connectivity index (χ1v) is 7.31. The van der Waals surface area contributed by atoms with E-state index in [1.165, 1.54) is 18.5 Å². The summed E-state index contributed by atoms with van der Waals surface area (Å²) < 4.78 is 0. The smallest absolute Gasteiger partial charge is 0.356 e. The molecule has 1 heterocycles. The maximum Gasteiger partial charge on any atom is 0.356 e. The highest BCUT2D eigenvalue weighted by molar-refractivity contribution is 6.08. The lowest BCUT2D eigenvalue weighted by Gasteiger charge is -2.08. The number of aromatic carboxylic acids is 1. The lowest BCUT2D eigenvalue weighted by Crippen LogP contribution is -2.25. The summed E-state index contributed by atoms with van der Waals surface area (Å²) in [5, 5.41) is 14.4. The Hall–Kier alpha value is -3.29. The van der Waals surface area contributed by atoms with E-state index in [1.54, 1.807) is 18.2 Å². The van der Waals surface area contributed by atoms with Gasteiger partial charge >= 0.3 is 5.97 Å². The second-order valence-corrected chi connectivity index (χ2v) is 5.34. The summed E-state index contributed by atoms with van der Waals surface area (Å²) >= 11 is 0. The van der Waals surface area contributed by atoms with Gasteiger partial charge in [-0.15, -0.1) is 0 Å². The van der Waals surface area contributed by atoms with E-state index >= 15 is 0 Å². The number of carboxylic acid groups (broad SMARTS) is 1. The van der Waals surface area contributed by atoms with Crippen LogP contribution in [-0.4, -0.2) is 38.9 Å². The molecule has 1 aliphatic carbocycles. The molecule has 0 unspecified atom stereocenters. The van der Waals surface area contributed by atoms with Crippen molar-refractivity contribution in [2.24, 2.45) is 0 Å². The number of hydrogen-bond donors (Lipinski definition) is 3. The molecule has 0 atom stereocenters. The van der Waals surface area contributed by atoms with E-state index in [9.17, 15) is 14.4 Å². The highest BCUT2D eigenvalue weighted by atomic mass is 16.4. The molecule has 0 spiro atoms. The van der Waals surface area contributed by atoms with Gasteiger partial charge in [0.2, 0.25) is 0 Å². The molecule has 1 fully saturated rings. The van der Waals surface area contributed by atoms with Gasteiger partial charge in [-0.3, -0.25) is 9.59 Å².